The molecule has 21 heavy (non-hydrogen) atoms. The third kappa shape index (κ3) is 3.99. The second-order valence-corrected chi connectivity index (χ2v) is 7.48. The summed E-state index contributed by atoms with van der Waals surface area (Å²) in [6.07, 6.45) is 0.721. The zero-order chi connectivity index (χ0) is 15.5. The lowest BCUT2D eigenvalue weighted by Gasteiger charge is -2.11. The maximum Gasteiger partial charge on any atom is 0.261 e. The van der Waals surface area contributed by atoms with Crippen molar-refractivity contribution < 1.29 is 8.42 Å². The molecule has 0 unspecified atom stereocenters. The first-order chi connectivity index (χ1) is 9.94. The van der Waals surface area contributed by atoms with Gasteiger partial charge in [0.25, 0.3) is 10.0 Å². The summed E-state index contributed by atoms with van der Waals surface area (Å²) in [7, 11) is -3.60. The van der Waals surface area contributed by atoms with E-state index in [2.05, 4.69) is 20.7 Å². The van der Waals surface area contributed by atoms with E-state index in [0.717, 1.165) is 22.0 Å². The van der Waals surface area contributed by atoms with Crippen LogP contribution in [0.5, 0.6) is 0 Å². The summed E-state index contributed by atoms with van der Waals surface area (Å²) in [4.78, 5) is 0.231. The fourth-order valence-corrected chi connectivity index (χ4v) is 3.66. The molecule has 0 amide bonds. The molecule has 2 aromatic rings. The predicted octanol–water partition coefficient (Wildman–Crippen LogP) is 4.34. The Labute approximate surface area is 138 Å². The number of rotatable bonds is 5. The lowest BCUT2D eigenvalue weighted by molar-refractivity contribution is 0.601. The zero-order valence-corrected chi connectivity index (χ0v) is 14.6. The molecule has 0 bridgehead atoms. The van der Waals surface area contributed by atoms with Gasteiger partial charge in [-0.15, -0.1) is 11.6 Å². The molecule has 0 saturated carbocycles. The van der Waals surface area contributed by atoms with Crippen molar-refractivity contribution in [3.8, 4) is 0 Å². The number of hydrogen-bond donors (Lipinski definition) is 1. The molecule has 0 radical (unpaired) electrons. The third-order valence-corrected chi connectivity index (χ3v) is 5.68. The summed E-state index contributed by atoms with van der Waals surface area (Å²) >= 11 is 9.07. The molecule has 0 aliphatic heterocycles. The molecule has 0 heterocycles. The number of aryl methyl sites for hydroxylation is 2. The lowest BCUT2D eigenvalue weighted by Crippen LogP contribution is -2.13. The zero-order valence-electron chi connectivity index (χ0n) is 11.4. The van der Waals surface area contributed by atoms with Crippen molar-refractivity contribution in [1.29, 1.82) is 0 Å². The molecule has 0 spiro atoms. The van der Waals surface area contributed by atoms with Crippen LogP contribution >= 0.6 is 27.5 Å². The van der Waals surface area contributed by atoms with Gasteiger partial charge < -0.3 is 0 Å². The lowest BCUT2D eigenvalue weighted by atomic mass is 10.2. The molecule has 6 heteroatoms. The van der Waals surface area contributed by atoms with E-state index < -0.39 is 10.0 Å². The molecule has 3 nitrogen and oxygen atoms in total. The second kappa shape index (κ2) is 6.81. The van der Waals surface area contributed by atoms with Gasteiger partial charge in [-0.1, -0.05) is 24.3 Å². The van der Waals surface area contributed by atoms with Crippen molar-refractivity contribution in [3.05, 3.63) is 58.1 Å². The van der Waals surface area contributed by atoms with Crippen LogP contribution in [0.4, 0.5) is 5.69 Å². The minimum atomic E-state index is -3.60. The number of halogens is 2. The Morgan fingerprint density at radius 1 is 1.14 bits per heavy atom. The van der Waals surface area contributed by atoms with Gasteiger partial charge in [0.05, 0.1) is 10.6 Å². The first-order valence-corrected chi connectivity index (χ1v) is 9.18. The van der Waals surface area contributed by atoms with Crippen molar-refractivity contribution in [1.82, 2.24) is 0 Å². The topological polar surface area (TPSA) is 46.2 Å². The van der Waals surface area contributed by atoms with Gasteiger partial charge >= 0.3 is 0 Å². The molecule has 0 aliphatic carbocycles. The Kier molecular flexibility index (Phi) is 5.30. The van der Waals surface area contributed by atoms with E-state index in [1.807, 2.05) is 19.1 Å². The van der Waals surface area contributed by atoms with Crippen LogP contribution in [0.25, 0.3) is 0 Å². The molecule has 0 aromatic heterocycles. The minimum absolute atomic E-state index is 0.231. The number of nitrogens with one attached hydrogen (secondary N) is 1. The summed E-state index contributed by atoms with van der Waals surface area (Å²) in [5.41, 5.74) is 2.51. The Morgan fingerprint density at radius 3 is 2.43 bits per heavy atom. The van der Waals surface area contributed by atoms with E-state index >= 15 is 0 Å². The Hall–Kier alpha value is -1.04. The van der Waals surface area contributed by atoms with Crippen LogP contribution in [-0.4, -0.2) is 14.3 Å². The highest BCUT2D eigenvalue weighted by Gasteiger charge is 2.15. The van der Waals surface area contributed by atoms with Crippen molar-refractivity contribution in [2.24, 2.45) is 0 Å². The fourth-order valence-electron chi connectivity index (χ4n) is 1.87. The van der Waals surface area contributed by atoms with Crippen LogP contribution in [0.3, 0.4) is 0 Å². The SMILES string of the molecule is Cc1cccc(NS(=O)(=O)c2ccc(CCCl)cc2)c1Br. The van der Waals surface area contributed by atoms with E-state index in [4.69, 9.17) is 11.6 Å². The summed E-state index contributed by atoms with van der Waals surface area (Å²) in [5.74, 6) is 0.514. The number of sulfonamides is 1. The maximum atomic E-state index is 12.4. The van der Waals surface area contributed by atoms with Gasteiger partial charge in [0.1, 0.15) is 0 Å². The maximum absolute atomic E-state index is 12.4. The van der Waals surface area contributed by atoms with Crippen molar-refractivity contribution in [2.75, 3.05) is 10.6 Å². The monoisotopic (exact) mass is 387 g/mol. The largest absolute Gasteiger partial charge is 0.278 e. The molecule has 2 rings (SSSR count). The number of alkyl halides is 1. The van der Waals surface area contributed by atoms with Crippen molar-refractivity contribution in [2.45, 2.75) is 18.2 Å². The van der Waals surface area contributed by atoms with Gasteiger partial charge in [-0.3, -0.25) is 4.72 Å². The van der Waals surface area contributed by atoms with Gasteiger partial charge in [-0.05, 0) is 58.6 Å². The average Bonchev–Trinajstić information content (AvgIpc) is 2.45. The first-order valence-electron chi connectivity index (χ1n) is 6.37. The fraction of sp³-hybridized carbons (Fsp3) is 0.200. The van der Waals surface area contributed by atoms with E-state index in [1.165, 1.54) is 0 Å². The first kappa shape index (κ1) is 16.3. The standard InChI is InChI=1S/C15H15BrClNO2S/c1-11-3-2-4-14(15(11)16)18-21(19,20)13-7-5-12(6-8-13)9-10-17/h2-8,18H,9-10H2,1H3. The van der Waals surface area contributed by atoms with E-state index in [-0.39, 0.29) is 4.90 Å². The normalized spacial score (nSPS) is 11.4. The third-order valence-electron chi connectivity index (χ3n) is 3.05. The number of hydrogen-bond acceptors (Lipinski definition) is 2. The predicted molar refractivity (Wildman–Crippen MR) is 90.6 cm³/mol. The molecule has 112 valence electrons. The molecule has 0 saturated heterocycles. The van der Waals surface area contributed by atoms with Crippen LogP contribution in [0.2, 0.25) is 0 Å². The molecule has 0 fully saturated rings. The van der Waals surface area contributed by atoms with E-state index in [9.17, 15) is 8.42 Å². The Balaban J connectivity index is 2.27. The van der Waals surface area contributed by atoms with Crippen LogP contribution in [-0.2, 0) is 16.4 Å². The molecule has 2 aromatic carbocycles. The smallest absolute Gasteiger partial charge is 0.261 e. The molecule has 0 aliphatic rings. The van der Waals surface area contributed by atoms with Crippen LogP contribution in [0, 0.1) is 6.92 Å². The Morgan fingerprint density at radius 2 is 1.81 bits per heavy atom. The summed E-state index contributed by atoms with van der Waals surface area (Å²) in [6, 6.07) is 12.2. The van der Waals surface area contributed by atoms with Gasteiger partial charge in [0, 0.05) is 10.4 Å². The van der Waals surface area contributed by atoms with Gasteiger partial charge in [-0.2, -0.15) is 0 Å². The van der Waals surface area contributed by atoms with Crippen molar-refractivity contribution >= 4 is 43.2 Å². The second-order valence-electron chi connectivity index (χ2n) is 4.62. The van der Waals surface area contributed by atoms with Gasteiger partial charge in [-0.25, -0.2) is 8.42 Å². The summed E-state index contributed by atoms with van der Waals surface area (Å²) in [5, 5.41) is 0. The van der Waals surface area contributed by atoms with Crippen LogP contribution in [0.15, 0.2) is 51.8 Å². The minimum Gasteiger partial charge on any atom is -0.278 e. The summed E-state index contributed by atoms with van der Waals surface area (Å²) < 4.78 is 28.1. The molecule has 1 N–H and O–H groups in total. The van der Waals surface area contributed by atoms with Gasteiger partial charge in [0.15, 0.2) is 0 Å². The molecular formula is C15H15BrClNO2S. The number of benzene rings is 2. The quantitative estimate of drug-likeness (QED) is 0.774. The van der Waals surface area contributed by atoms with E-state index in [0.29, 0.717) is 11.6 Å². The summed E-state index contributed by atoms with van der Waals surface area (Å²) in [6.45, 7) is 1.91. The van der Waals surface area contributed by atoms with E-state index in [1.54, 1.807) is 30.3 Å². The average molecular weight is 389 g/mol. The van der Waals surface area contributed by atoms with Crippen molar-refractivity contribution in [3.63, 3.8) is 0 Å². The Bertz CT molecular complexity index is 730. The highest BCUT2D eigenvalue weighted by atomic mass is 79.9. The number of anilines is 1. The molecular weight excluding hydrogens is 374 g/mol. The molecule has 0 atom stereocenters. The highest BCUT2D eigenvalue weighted by molar-refractivity contribution is 9.10. The van der Waals surface area contributed by atoms with Crippen LogP contribution < -0.4 is 4.72 Å². The van der Waals surface area contributed by atoms with Gasteiger partial charge in [0.2, 0.25) is 0 Å². The van der Waals surface area contributed by atoms with Crippen LogP contribution in [0.1, 0.15) is 11.1 Å². The highest BCUT2D eigenvalue weighted by Crippen LogP contribution is 2.28.